The van der Waals surface area contributed by atoms with Crippen molar-refractivity contribution >= 4 is 15.9 Å². The molecular weight excluding hydrogens is 324 g/mol. The summed E-state index contributed by atoms with van der Waals surface area (Å²) in [7, 11) is 1.54. The Morgan fingerprint density at radius 1 is 1.40 bits per heavy atom. The van der Waals surface area contributed by atoms with Gasteiger partial charge in [-0.15, -0.1) is 0 Å². The van der Waals surface area contributed by atoms with Gasteiger partial charge in [0.25, 0.3) is 0 Å². The number of methoxy groups -OCH3 is 1. The van der Waals surface area contributed by atoms with Crippen LogP contribution in [-0.4, -0.2) is 55.0 Å². The number of phenols is 1. The van der Waals surface area contributed by atoms with E-state index in [1.807, 2.05) is 6.07 Å². The first-order valence-corrected chi connectivity index (χ1v) is 7.58. The van der Waals surface area contributed by atoms with Gasteiger partial charge >= 0.3 is 0 Å². The molecule has 0 unspecified atom stereocenters. The number of aliphatic hydroxyl groups is 1. The Balaban J connectivity index is 2.35. The van der Waals surface area contributed by atoms with Crippen LogP contribution in [0.5, 0.6) is 11.5 Å². The fourth-order valence-corrected chi connectivity index (χ4v) is 3.11. The van der Waals surface area contributed by atoms with Gasteiger partial charge in [0.2, 0.25) is 0 Å². The lowest BCUT2D eigenvalue weighted by Gasteiger charge is -2.35. The summed E-state index contributed by atoms with van der Waals surface area (Å²) in [4.78, 5) is 2.29. The van der Waals surface area contributed by atoms with Crippen LogP contribution in [0.1, 0.15) is 18.0 Å². The van der Waals surface area contributed by atoms with Gasteiger partial charge in [-0.05, 0) is 18.6 Å². The third kappa shape index (κ3) is 3.44. The highest BCUT2D eigenvalue weighted by Crippen LogP contribution is 2.40. The number of hydrogen-bond acceptors (Lipinski definition) is 5. The number of halogens is 1. The van der Waals surface area contributed by atoms with E-state index in [-0.39, 0.29) is 18.4 Å². The minimum atomic E-state index is -0.00602. The Bertz CT molecular complexity index is 450. The zero-order chi connectivity index (χ0) is 14.5. The lowest BCUT2D eigenvalue weighted by atomic mass is 10.00. The van der Waals surface area contributed by atoms with Crippen molar-refractivity contribution in [2.75, 3.05) is 39.9 Å². The van der Waals surface area contributed by atoms with Crippen molar-refractivity contribution in [3.05, 3.63) is 22.2 Å². The Labute approximate surface area is 127 Å². The summed E-state index contributed by atoms with van der Waals surface area (Å²) in [5, 5.41) is 23.0. The van der Waals surface area contributed by atoms with Crippen LogP contribution in [0.4, 0.5) is 0 Å². The van der Waals surface area contributed by atoms with Gasteiger partial charge in [0.05, 0.1) is 7.11 Å². The molecule has 0 amide bonds. The molecule has 0 aromatic heterocycles. The van der Waals surface area contributed by atoms with Gasteiger partial charge in [-0.1, -0.05) is 15.9 Å². The van der Waals surface area contributed by atoms with E-state index in [0.29, 0.717) is 12.2 Å². The van der Waals surface area contributed by atoms with E-state index in [1.54, 1.807) is 6.07 Å². The van der Waals surface area contributed by atoms with E-state index < -0.39 is 0 Å². The van der Waals surface area contributed by atoms with Crippen LogP contribution >= 0.6 is 15.9 Å². The van der Waals surface area contributed by atoms with Crippen LogP contribution in [0, 0.1) is 0 Å². The SMILES string of the molecule is COc1cc(Br)cc([C@@H](CCO)N2CCNCC2)c1O. The lowest BCUT2D eigenvalue weighted by molar-refractivity contribution is 0.138. The molecule has 0 radical (unpaired) electrons. The first-order valence-electron chi connectivity index (χ1n) is 6.79. The van der Waals surface area contributed by atoms with E-state index >= 15 is 0 Å². The second-order valence-electron chi connectivity index (χ2n) is 4.86. The number of nitrogens with one attached hydrogen (secondary N) is 1. The average Bonchev–Trinajstić information content (AvgIpc) is 2.48. The standard InChI is InChI=1S/C14H21BrN2O3/c1-20-13-9-10(15)8-11(14(13)19)12(2-7-18)17-5-3-16-4-6-17/h8-9,12,16,18-19H,2-7H2,1H3/t12-/m1/s1. The molecule has 1 aromatic carbocycles. The Kier molecular flexibility index (Phi) is 5.65. The smallest absolute Gasteiger partial charge is 0.162 e. The number of ether oxygens (including phenoxy) is 1. The number of rotatable bonds is 5. The topological polar surface area (TPSA) is 65.0 Å². The number of aliphatic hydroxyl groups excluding tert-OH is 1. The zero-order valence-electron chi connectivity index (χ0n) is 11.6. The molecule has 1 fully saturated rings. The van der Waals surface area contributed by atoms with Crippen LogP contribution in [0.2, 0.25) is 0 Å². The van der Waals surface area contributed by atoms with E-state index in [4.69, 9.17) is 4.74 Å². The van der Waals surface area contributed by atoms with Gasteiger partial charge in [-0.25, -0.2) is 0 Å². The van der Waals surface area contributed by atoms with E-state index in [0.717, 1.165) is 36.2 Å². The van der Waals surface area contributed by atoms with Crippen molar-refractivity contribution in [3.8, 4) is 11.5 Å². The molecular formula is C14H21BrN2O3. The Hall–Kier alpha value is -0.820. The molecule has 1 heterocycles. The summed E-state index contributed by atoms with van der Waals surface area (Å²) in [6, 6.07) is 3.64. The summed E-state index contributed by atoms with van der Waals surface area (Å²) < 4.78 is 6.07. The molecule has 0 saturated carbocycles. The fraction of sp³-hybridized carbons (Fsp3) is 0.571. The Morgan fingerprint density at radius 3 is 2.70 bits per heavy atom. The number of nitrogens with zero attached hydrogens (tertiary/aromatic N) is 1. The number of piperazine rings is 1. The van der Waals surface area contributed by atoms with Crippen molar-refractivity contribution in [1.29, 1.82) is 0 Å². The molecule has 5 nitrogen and oxygen atoms in total. The molecule has 6 heteroatoms. The van der Waals surface area contributed by atoms with Gasteiger partial charge in [0.15, 0.2) is 11.5 Å². The highest BCUT2D eigenvalue weighted by Gasteiger charge is 2.25. The summed E-state index contributed by atoms with van der Waals surface area (Å²) >= 11 is 3.45. The Morgan fingerprint density at radius 2 is 2.10 bits per heavy atom. The summed E-state index contributed by atoms with van der Waals surface area (Å²) in [6.45, 7) is 3.74. The molecule has 1 saturated heterocycles. The molecule has 3 N–H and O–H groups in total. The third-order valence-corrected chi connectivity index (χ3v) is 4.10. The number of hydrogen-bond donors (Lipinski definition) is 3. The minimum Gasteiger partial charge on any atom is -0.504 e. The molecule has 0 aliphatic carbocycles. The molecule has 0 bridgehead atoms. The molecule has 112 valence electrons. The normalized spacial score (nSPS) is 17.9. The van der Waals surface area contributed by atoms with Gasteiger partial charge in [-0.3, -0.25) is 4.90 Å². The molecule has 2 rings (SSSR count). The number of aromatic hydroxyl groups is 1. The number of phenolic OH excluding ortho intramolecular Hbond substituents is 1. The van der Waals surface area contributed by atoms with Crippen molar-refractivity contribution < 1.29 is 14.9 Å². The maximum absolute atomic E-state index is 10.4. The van der Waals surface area contributed by atoms with Gasteiger partial charge in [0, 0.05) is 48.9 Å². The monoisotopic (exact) mass is 344 g/mol. The first-order chi connectivity index (χ1) is 9.67. The maximum atomic E-state index is 10.4. The molecule has 1 aliphatic rings. The average molecular weight is 345 g/mol. The molecule has 0 spiro atoms. The van der Waals surface area contributed by atoms with E-state index in [2.05, 4.69) is 26.1 Å². The number of benzene rings is 1. The van der Waals surface area contributed by atoms with Crippen molar-refractivity contribution in [1.82, 2.24) is 10.2 Å². The van der Waals surface area contributed by atoms with Crippen LogP contribution in [-0.2, 0) is 0 Å². The first kappa shape index (κ1) is 15.6. The summed E-state index contributed by atoms with van der Waals surface area (Å²) in [5.41, 5.74) is 0.798. The van der Waals surface area contributed by atoms with Crippen LogP contribution < -0.4 is 10.1 Å². The van der Waals surface area contributed by atoms with Crippen molar-refractivity contribution in [3.63, 3.8) is 0 Å². The van der Waals surface area contributed by atoms with Gasteiger partial charge in [-0.2, -0.15) is 0 Å². The van der Waals surface area contributed by atoms with Crippen LogP contribution in [0.15, 0.2) is 16.6 Å². The quantitative estimate of drug-likeness (QED) is 0.755. The highest BCUT2D eigenvalue weighted by atomic mass is 79.9. The van der Waals surface area contributed by atoms with Gasteiger partial charge < -0.3 is 20.3 Å². The lowest BCUT2D eigenvalue weighted by Crippen LogP contribution is -2.45. The van der Waals surface area contributed by atoms with E-state index in [9.17, 15) is 10.2 Å². The minimum absolute atomic E-state index is 0.00602. The predicted octanol–water partition coefficient (Wildman–Crippen LogP) is 1.49. The summed E-state index contributed by atoms with van der Waals surface area (Å²) in [5.74, 6) is 0.611. The maximum Gasteiger partial charge on any atom is 0.162 e. The molecule has 1 aliphatic heterocycles. The highest BCUT2D eigenvalue weighted by molar-refractivity contribution is 9.10. The largest absolute Gasteiger partial charge is 0.504 e. The van der Waals surface area contributed by atoms with Crippen LogP contribution in [0.25, 0.3) is 0 Å². The summed E-state index contributed by atoms with van der Waals surface area (Å²) in [6.07, 6.45) is 0.590. The van der Waals surface area contributed by atoms with E-state index in [1.165, 1.54) is 7.11 Å². The second-order valence-corrected chi connectivity index (χ2v) is 5.78. The fourth-order valence-electron chi connectivity index (χ4n) is 2.65. The van der Waals surface area contributed by atoms with Crippen molar-refractivity contribution in [2.24, 2.45) is 0 Å². The third-order valence-electron chi connectivity index (χ3n) is 3.64. The van der Waals surface area contributed by atoms with Crippen molar-refractivity contribution in [2.45, 2.75) is 12.5 Å². The molecule has 1 atom stereocenters. The second kappa shape index (κ2) is 7.26. The zero-order valence-corrected chi connectivity index (χ0v) is 13.2. The predicted molar refractivity (Wildman–Crippen MR) is 81.2 cm³/mol. The molecule has 20 heavy (non-hydrogen) atoms. The van der Waals surface area contributed by atoms with Gasteiger partial charge in [0.1, 0.15) is 0 Å². The van der Waals surface area contributed by atoms with Crippen LogP contribution in [0.3, 0.4) is 0 Å². The molecule has 1 aromatic rings.